The standard InChI is InChI=1S/C17H26N2S/c1-17(2,3)13-7-6-11-19(12-10-13)15-9-5-4-8-14(15)16(18)20/h4-5,8-9,13H,6-7,10-12H2,1-3H3,(H2,18,20). The van der Waals surface area contributed by atoms with Crippen LogP contribution in [0.4, 0.5) is 5.69 Å². The molecule has 0 aliphatic carbocycles. The molecule has 3 heteroatoms. The molecule has 2 N–H and O–H groups in total. The van der Waals surface area contributed by atoms with Gasteiger partial charge in [-0.2, -0.15) is 0 Å². The molecule has 2 rings (SSSR count). The minimum atomic E-state index is 0.401. The molecule has 1 aliphatic rings. The Kier molecular flexibility index (Phi) is 4.69. The Morgan fingerprint density at radius 1 is 1.20 bits per heavy atom. The van der Waals surface area contributed by atoms with Gasteiger partial charge >= 0.3 is 0 Å². The summed E-state index contributed by atoms with van der Waals surface area (Å²) in [6, 6.07) is 8.26. The van der Waals surface area contributed by atoms with Crippen LogP contribution in [0.3, 0.4) is 0 Å². The van der Waals surface area contributed by atoms with Crippen molar-refractivity contribution >= 4 is 22.9 Å². The normalized spacial score (nSPS) is 20.6. The molecule has 2 nitrogen and oxygen atoms in total. The van der Waals surface area contributed by atoms with Crippen LogP contribution in [0, 0.1) is 11.3 Å². The number of thiocarbonyl (C=S) groups is 1. The summed E-state index contributed by atoms with van der Waals surface area (Å²) in [5.41, 5.74) is 8.48. The molecule has 1 heterocycles. The Morgan fingerprint density at radius 2 is 1.90 bits per heavy atom. The van der Waals surface area contributed by atoms with Crippen molar-refractivity contribution in [1.29, 1.82) is 0 Å². The van der Waals surface area contributed by atoms with Gasteiger partial charge in [0.15, 0.2) is 0 Å². The summed E-state index contributed by atoms with van der Waals surface area (Å²) in [5.74, 6) is 0.796. The summed E-state index contributed by atoms with van der Waals surface area (Å²) in [7, 11) is 0. The topological polar surface area (TPSA) is 29.3 Å². The minimum Gasteiger partial charge on any atom is -0.389 e. The number of para-hydroxylation sites is 1. The molecule has 1 unspecified atom stereocenters. The lowest BCUT2D eigenvalue weighted by Gasteiger charge is -2.30. The van der Waals surface area contributed by atoms with E-state index >= 15 is 0 Å². The van der Waals surface area contributed by atoms with Crippen molar-refractivity contribution in [3.63, 3.8) is 0 Å². The van der Waals surface area contributed by atoms with Gasteiger partial charge in [0.2, 0.25) is 0 Å². The summed E-state index contributed by atoms with van der Waals surface area (Å²) >= 11 is 5.19. The Hall–Kier alpha value is -1.09. The predicted molar refractivity (Wildman–Crippen MR) is 91.3 cm³/mol. The SMILES string of the molecule is CC(C)(C)C1CCCN(c2ccccc2C(N)=S)CC1. The van der Waals surface area contributed by atoms with E-state index in [2.05, 4.69) is 37.8 Å². The van der Waals surface area contributed by atoms with Crippen molar-refractivity contribution in [3.05, 3.63) is 29.8 Å². The largest absolute Gasteiger partial charge is 0.389 e. The van der Waals surface area contributed by atoms with Gasteiger partial charge in [0.1, 0.15) is 4.99 Å². The lowest BCUT2D eigenvalue weighted by Crippen LogP contribution is -2.28. The highest BCUT2D eigenvalue weighted by Crippen LogP contribution is 2.35. The van der Waals surface area contributed by atoms with Crippen molar-refractivity contribution < 1.29 is 0 Å². The molecule has 1 atom stereocenters. The van der Waals surface area contributed by atoms with Crippen LogP contribution in [0.5, 0.6) is 0 Å². The van der Waals surface area contributed by atoms with E-state index in [1.807, 2.05) is 12.1 Å². The van der Waals surface area contributed by atoms with Gasteiger partial charge in [-0.1, -0.05) is 45.1 Å². The highest BCUT2D eigenvalue weighted by molar-refractivity contribution is 7.80. The Labute approximate surface area is 128 Å². The average molecular weight is 290 g/mol. The Bertz CT molecular complexity index is 476. The molecule has 0 spiro atoms. The first-order valence-electron chi connectivity index (χ1n) is 7.53. The van der Waals surface area contributed by atoms with Gasteiger partial charge in [0, 0.05) is 24.3 Å². The molecule has 1 aliphatic heterocycles. The number of benzene rings is 1. The molecular formula is C17H26N2S. The number of nitrogens with zero attached hydrogens (tertiary/aromatic N) is 1. The van der Waals surface area contributed by atoms with Gasteiger partial charge < -0.3 is 10.6 Å². The van der Waals surface area contributed by atoms with Crippen LogP contribution in [0.1, 0.15) is 45.6 Å². The Balaban J connectivity index is 2.17. The fourth-order valence-electron chi connectivity index (χ4n) is 3.16. The van der Waals surface area contributed by atoms with E-state index in [9.17, 15) is 0 Å². The van der Waals surface area contributed by atoms with Crippen LogP contribution < -0.4 is 10.6 Å². The molecule has 0 bridgehead atoms. The van der Waals surface area contributed by atoms with Gasteiger partial charge in [-0.15, -0.1) is 0 Å². The highest BCUT2D eigenvalue weighted by Gasteiger charge is 2.27. The number of hydrogen-bond acceptors (Lipinski definition) is 2. The smallest absolute Gasteiger partial charge is 0.106 e. The van der Waals surface area contributed by atoms with Crippen molar-refractivity contribution in [2.24, 2.45) is 17.1 Å². The molecule has 1 saturated heterocycles. The maximum Gasteiger partial charge on any atom is 0.106 e. The third-order valence-corrected chi connectivity index (χ3v) is 4.68. The molecule has 1 fully saturated rings. The van der Waals surface area contributed by atoms with Crippen LogP contribution in [-0.2, 0) is 0 Å². The third-order valence-electron chi connectivity index (χ3n) is 4.46. The zero-order valence-corrected chi connectivity index (χ0v) is 13.7. The highest BCUT2D eigenvalue weighted by atomic mass is 32.1. The number of hydrogen-bond donors (Lipinski definition) is 1. The van der Waals surface area contributed by atoms with Gasteiger partial charge in [-0.3, -0.25) is 0 Å². The van der Waals surface area contributed by atoms with E-state index < -0.39 is 0 Å². The van der Waals surface area contributed by atoms with E-state index in [1.165, 1.54) is 24.9 Å². The molecule has 1 aromatic rings. The summed E-state index contributed by atoms with van der Waals surface area (Å²) in [4.78, 5) is 2.96. The quantitative estimate of drug-likeness (QED) is 0.836. The second kappa shape index (κ2) is 6.13. The van der Waals surface area contributed by atoms with E-state index in [1.54, 1.807) is 0 Å². The Morgan fingerprint density at radius 3 is 2.55 bits per heavy atom. The monoisotopic (exact) mass is 290 g/mol. The predicted octanol–water partition coefficient (Wildman–Crippen LogP) is 3.97. The summed E-state index contributed by atoms with van der Waals surface area (Å²) in [5, 5.41) is 0. The third kappa shape index (κ3) is 3.51. The number of anilines is 1. The second-order valence-electron chi connectivity index (χ2n) is 6.86. The zero-order chi connectivity index (χ0) is 14.8. The molecule has 0 saturated carbocycles. The summed E-state index contributed by atoms with van der Waals surface area (Å²) in [6.07, 6.45) is 3.80. The summed E-state index contributed by atoms with van der Waals surface area (Å²) < 4.78 is 0. The fraction of sp³-hybridized carbons (Fsp3) is 0.588. The molecule has 1 aromatic carbocycles. The molecule has 110 valence electrons. The molecule has 0 amide bonds. The maximum absolute atomic E-state index is 5.86. The van der Waals surface area contributed by atoms with Crippen LogP contribution in [-0.4, -0.2) is 18.1 Å². The first-order chi connectivity index (χ1) is 9.39. The van der Waals surface area contributed by atoms with Crippen LogP contribution >= 0.6 is 12.2 Å². The fourth-order valence-corrected chi connectivity index (χ4v) is 3.33. The lowest BCUT2D eigenvalue weighted by molar-refractivity contribution is 0.220. The van der Waals surface area contributed by atoms with E-state index in [4.69, 9.17) is 18.0 Å². The van der Waals surface area contributed by atoms with Crippen molar-refractivity contribution in [1.82, 2.24) is 0 Å². The van der Waals surface area contributed by atoms with E-state index in [0.717, 1.165) is 24.6 Å². The van der Waals surface area contributed by atoms with Crippen LogP contribution in [0.15, 0.2) is 24.3 Å². The van der Waals surface area contributed by atoms with Gasteiger partial charge in [0.05, 0.1) is 0 Å². The van der Waals surface area contributed by atoms with Crippen molar-refractivity contribution in [2.75, 3.05) is 18.0 Å². The van der Waals surface area contributed by atoms with Gasteiger partial charge in [0.25, 0.3) is 0 Å². The number of rotatable bonds is 2. The van der Waals surface area contributed by atoms with Gasteiger partial charge in [-0.05, 0) is 42.7 Å². The maximum atomic E-state index is 5.86. The van der Waals surface area contributed by atoms with E-state index in [-0.39, 0.29) is 0 Å². The molecule has 0 radical (unpaired) electrons. The van der Waals surface area contributed by atoms with Crippen LogP contribution in [0.2, 0.25) is 0 Å². The molecule has 0 aromatic heterocycles. The average Bonchev–Trinajstić information content (AvgIpc) is 2.63. The molecule has 20 heavy (non-hydrogen) atoms. The van der Waals surface area contributed by atoms with E-state index in [0.29, 0.717) is 10.4 Å². The van der Waals surface area contributed by atoms with Crippen molar-refractivity contribution in [3.8, 4) is 0 Å². The second-order valence-corrected chi connectivity index (χ2v) is 7.30. The van der Waals surface area contributed by atoms with Gasteiger partial charge in [-0.25, -0.2) is 0 Å². The zero-order valence-electron chi connectivity index (χ0n) is 12.9. The molecular weight excluding hydrogens is 264 g/mol. The van der Waals surface area contributed by atoms with Crippen LogP contribution in [0.25, 0.3) is 0 Å². The summed E-state index contributed by atoms with van der Waals surface area (Å²) in [6.45, 7) is 9.27. The first-order valence-corrected chi connectivity index (χ1v) is 7.94. The lowest BCUT2D eigenvalue weighted by atomic mass is 9.77. The minimum absolute atomic E-state index is 0.401. The van der Waals surface area contributed by atoms with Crippen molar-refractivity contribution in [2.45, 2.75) is 40.0 Å². The first kappa shape index (κ1) is 15.3. The number of nitrogens with two attached hydrogens (primary N) is 1.